The van der Waals surface area contributed by atoms with Crippen LogP contribution < -0.4 is 5.32 Å². The zero-order valence-corrected chi connectivity index (χ0v) is 11.6. The molecule has 20 heavy (non-hydrogen) atoms. The summed E-state index contributed by atoms with van der Waals surface area (Å²) in [6.07, 6.45) is 0. The predicted molar refractivity (Wildman–Crippen MR) is 79.8 cm³/mol. The van der Waals surface area contributed by atoms with Crippen molar-refractivity contribution in [3.8, 4) is 0 Å². The zero-order chi connectivity index (χ0) is 13.8. The van der Waals surface area contributed by atoms with Crippen LogP contribution in [0.25, 0.3) is 0 Å². The molecule has 2 aromatic carbocycles. The summed E-state index contributed by atoms with van der Waals surface area (Å²) in [5.74, 6) is -1.28. The number of halogens is 1. The van der Waals surface area contributed by atoms with Gasteiger partial charge in [0.1, 0.15) is 0 Å². The summed E-state index contributed by atoms with van der Waals surface area (Å²) in [5.41, 5.74) is 2.21. The van der Waals surface area contributed by atoms with Crippen molar-refractivity contribution in [3.05, 3.63) is 65.2 Å². The van der Waals surface area contributed by atoms with Gasteiger partial charge in [-0.05, 0) is 37.3 Å². The Morgan fingerprint density at radius 2 is 1.65 bits per heavy atom. The normalized spacial score (nSPS) is 9.45. The van der Waals surface area contributed by atoms with Crippen molar-refractivity contribution in [2.45, 2.75) is 6.92 Å². The van der Waals surface area contributed by atoms with E-state index in [4.69, 9.17) is 5.11 Å². The molecular weight excluding hydrogens is 278 g/mol. The van der Waals surface area contributed by atoms with Gasteiger partial charge in [0.2, 0.25) is 0 Å². The number of carboxylic acid groups (broad SMARTS) is 1. The number of carbonyl (C=O) groups is 2. The van der Waals surface area contributed by atoms with Crippen LogP contribution in [0.5, 0.6) is 0 Å². The maximum Gasteiger partial charge on any atom is 0.335 e. The Hall–Kier alpha value is -2.33. The molecule has 0 aliphatic rings. The quantitative estimate of drug-likeness (QED) is 0.911. The number of carboxylic acids is 1. The van der Waals surface area contributed by atoms with Crippen LogP contribution in [0.15, 0.2) is 48.5 Å². The van der Waals surface area contributed by atoms with Crippen LogP contribution in [-0.2, 0) is 0 Å². The molecule has 104 valence electrons. The molecule has 0 atom stereocenters. The van der Waals surface area contributed by atoms with Crippen molar-refractivity contribution in [2.75, 3.05) is 5.32 Å². The second kappa shape index (κ2) is 6.73. The third-order valence-corrected chi connectivity index (χ3v) is 2.68. The van der Waals surface area contributed by atoms with Gasteiger partial charge in [0.05, 0.1) is 5.56 Å². The SMILES string of the molecule is Cc1ccc(C(=O)Nc2cccc(C(=O)O)c2)cc1.Cl. The number of aromatic carboxylic acids is 1. The van der Waals surface area contributed by atoms with Gasteiger partial charge in [0, 0.05) is 11.3 Å². The van der Waals surface area contributed by atoms with E-state index in [-0.39, 0.29) is 23.9 Å². The Morgan fingerprint density at radius 3 is 2.25 bits per heavy atom. The summed E-state index contributed by atoms with van der Waals surface area (Å²) in [7, 11) is 0. The number of rotatable bonds is 3. The van der Waals surface area contributed by atoms with Crippen molar-refractivity contribution in [3.63, 3.8) is 0 Å². The first-order valence-corrected chi connectivity index (χ1v) is 5.77. The van der Waals surface area contributed by atoms with E-state index in [0.29, 0.717) is 11.3 Å². The van der Waals surface area contributed by atoms with Crippen molar-refractivity contribution < 1.29 is 14.7 Å². The Bertz CT molecular complexity index is 623. The van der Waals surface area contributed by atoms with E-state index in [2.05, 4.69) is 5.32 Å². The molecule has 0 saturated heterocycles. The maximum absolute atomic E-state index is 11.9. The summed E-state index contributed by atoms with van der Waals surface area (Å²) in [6.45, 7) is 1.94. The van der Waals surface area contributed by atoms with E-state index in [9.17, 15) is 9.59 Å². The van der Waals surface area contributed by atoms with Crippen molar-refractivity contribution in [1.29, 1.82) is 0 Å². The first kappa shape index (κ1) is 15.7. The first-order valence-electron chi connectivity index (χ1n) is 5.77. The fourth-order valence-electron chi connectivity index (χ4n) is 1.64. The lowest BCUT2D eigenvalue weighted by Crippen LogP contribution is -2.12. The highest BCUT2D eigenvalue weighted by atomic mass is 35.5. The molecule has 0 radical (unpaired) electrons. The van der Waals surface area contributed by atoms with Gasteiger partial charge in [-0.2, -0.15) is 0 Å². The second-order valence-corrected chi connectivity index (χ2v) is 4.21. The molecule has 1 amide bonds. The molecule has 4 nitrogen and oxygen atoms in total. The van der Waals surface area contributed by atoms with Gasteiger partial charge in [-0.3, -0.25) is 4.79 Å². The van der Waals surface area contributed by atoms with E-state index < -0.39 is 5.97 Å². The van der Waals surface area contributed by atoms with E-state index in [1.807, 2.05) is 19.1 Å². The summed E-state index contributed by atoms with van der Waals surface area (Å²) >= 11 is 0. The van der Waals surface area contributed by atoms with Gasteiger partial charge in [-0.25, -0.2) is 4.79 Å². The van der Waals surface area contributed by atoms with Gasteiger partial charge >= 0.3 is 5.97 Å². The molecule has 0 aliphatic carbocycles. The second-order valence-electron chi connectivity index (χ2n) is 4.21. The number of carbonyl (C=O) groups excluding carboxylic acids is 1. The molecule has 0 fully saturated rings. The number of benzene rings is 2. The summed E-state index contributed by atoms with van der Waals surface area (Å²) in [4.78, 5) is 22.8. The minimum atomic E-state index is -1.02. The number of anilines is 1. The minimum Gasteiger partial charge on any atom is -0.478 e. The molecule has 2 aromatic rings. The smallest absolute Gasteiger partial charge is 0.335 e. The number of hydrogen-bond donors (Lipinski definition) is 2. The van der Waals surface area contributed by atoms with Gasteiger partial charge in [0.25, 0.3) is 5.91 Å². The molecule has 0 bridgehead atoms. The molecular formula is C15H14ClNO3. The van der Waals surface area contributed by atoms with Crippen LogP contribution in [0.2, 0.25) is 0 Å². The molecule has 0 unspecified atom stereocenters. The number of aryl methyl sites for hydroxylation is 1. The van der Waals surface area contributed by atoms with Crippen LogP contribution in [0.4, 0.5) is 5.69 Å². The Balaban J connectivity index is 0.00000200. The lowest BCUT2D eigenvalue weighted by Gasteiger charge is -2.06. The van der Waals surface area contributed by atoms with Crippen molar-refractivity contribution >= 4 is 30.0 Å². The standard InChI is InChI=1S/C15H13NO3.ClH/c1-10-5-7-11(8-6-10)14(17)16-13-4-2-3-12(9-13)15(18)19;/h2-9H,1H3,(H,16,17)(H,18,19);1H. The molecule has 2 N–H and O–H groups in total. The average Bonchev–Trinajstić information content (AvgIpc) is 2.39. The molecule has 5 heteroatoms. The highest BCUT2D eigenvalue weighted by molar-refractivity contribution is 6.04. The Morgan fingerprint density at radius 1 is 1.00 bits per heavy atom. The molecule has 0 aliphatic heterocycles. The number of nitrogens with one attached hydrogen (secondary N) is 1. The number of hydrogen-bond acceptors (Lipinski definition) is 2. The van der Waals surface area contributed by atoms with Gasteiger partial charge in [-0.1, -0.05) is 23.8 Å². The number of amides is 1. The van der Waals surface area contributed by atoms with Crippen LogP contribution in [0, 0.1) is 6.92 Å². The summed E-state index contributed by atoms with van der Waals surface area (Å²) in [6, 6.07) is 13.3. The predicted octanol–water partition coefficient (Wildman–Crippen LogP) is 3.37. The van der Waals surface area contributed by atoms with E-state index in [1.165, 1.54) is 12.1 Å². The Kier molecular flexibility index (Phi) is 5.29. The molecule has 0 aromatic heterocycles. The first-order chi connectivity index (χ1) is 9.06. The van der Waals surface area contributed by atoms with E-state index in [1.54, 1.807) is 24.3 Å². The minimum absolute atomic E-state index is 0. The fourth-order valence-corrected chi connectivity index (χ4v) is 1.64. The molecule has 0 heterocycles. The van der Waals surface area contributed by atoms with Gasteiger partial charge in [0.15, 0.2) is 0 Å². The third-order valence-electron chi connectivity index (χ3n) is 2.68. The van der Waals surface area contributed by atoms with Gasteiger partial charge in [-0.15, -0.1) is 12.4 Å². The van der Waals surface area contributed by atoms with Gasteiger partial charge < -0.3 is 10.4 Å². The molecule has 0 saturated carbocycles. The van der Waals surface area contributed by atoms with E-state index in [0.717, 1.165) is 5.56 Å². The summed E-state index contributed by atoms with van der Waals surface area (Å²) in [5, 5.41) is 11.5. The van der Waals surface area contributed by atoms with E-state index >= 15 is 0 Å². The average molecular weight is 292 g/mol. The van der Waals surface area contributed by atoms with Crippen LogP contribution in [0.1, 0.15) is 26.3 Å². The monoisotopic (exact) mass is 291 g/mol. The molecule has 2 rings (SSSR count). The van der Waals surface area contributed by atoms with Crippen LogP contribution in [-0.4, -0.2) is 17.0 Å². The maximum atomic E-state index is 11.9. The Labute approximate surface area is 122 Å². The highest BCUT2D eigenvalue weighted by Crippen LogP contribution is 2.12. The third kappa shape index (κ3) is 3.83. The zero-order valence-electron chi connectivity index (χ0n) is 10.8. The van der Waals surface area contributed by atoms with Crippen molar-refractivity contribution in [2.24, 2.45) is 0 Å². The van der Waals surface area contributed by atoms with Crippen molar-refractivity contribution in [1.82, 2.24) is 0 Å². The lowest BCUT2D eigenvalue weighted by molar-refractivity contribution is 0.0696. The topological polar surface area (TPSA) is 66.4 Å². The fraction of sp³-hybridized carbons (Fsp3) is 0.0667. The lowest BCUT2D eigenvalue weighted by atomic mass is 10.1. The van der Waals surface area contributed by atoms with Crippen LogP contribution >= 0.6 is 12.4 Å². The summed E-state index contributed by atoms with van der Waals surface area (Å²) < 4.78 is 0. The van der Waals surface area contributed by atoms with Crippen LogP contribution in [0.3, 0.4) is 0 Å². The highest BCUT2D eigenvalue weighted by Gasteiger charge is 2.07. The largest absolute Gasteiger partial charge is 0.478 e. The molecule has 0 spiro atoms.